The number of rotatable bonds is 8. The van der Waals surface area contributed by atoms with Crippen molar-refractivity contribution in [2.24, 2.45) is 4.99 Å². The van der Waals surface area contributed by atoms with Crippen LogP contribution in [0.25, 0.3) is 0 Å². The molecular weight excluding hydrogens is 507 g/mol. The zero-order valence-electron chi connectivity index (χ0n) is 18.5. The lowest BCUT2D eigenvalue weighted by atomic mass is 10.1. The highest BCUT2D eigenvalue weighted by molar-refractivity contribution is 14.0. The van der Waals surface area contributed by atoms with Crippen LogP contribution in [0.3, 0.4) is 0 Å². The molecule has 0 aliphatic rings. The fourth-order valence-corrected chi connectivity index (χ4v) is 2.77. The molecular formula is C23H31IN4O3. The molecule has 0 unspecified atom stereocenters. The summed E-state index contributed by atoms with van der Waals surface area (Å²) in [5.74, 6) is 0.386. The minimum atomic E-state index is -0.333. The van der Waals surface area contributed by atoms with Crippen molar-refractivity contribution in [3.05, 3.63) is 70.8 Å². The number of nitrogens with zero attached hydrogens (tertiary/aromatic N) is 2. The van der Waals surface area contributed by atoms with Gasteiger partial charge in [0.25, 0.3) is 5.91 Å². The van der Waals surface area contributed by atoms with E-state index in [9.17, 15) is 9.59 Å². The summed E-state index contributed by atoms with van der Waals surface area (Å²) in [6.45, 7) is 4.00. The third-order valence-corrected chi connectivity index (χ3v) is 4.45. The molecule has 8 heteroatoms. The molecule has 2 aromatic rings. The molecule has 7 nitrogen and oxygen atoms in total. The predicted octanol–water partition coefficient (Wildman–Crippen LogP) is 3.09. The average Bonchev–Trinajstić information content (AvgIpc) is 2.77. The summed E-state index contributed by atoms with van der Waals surface area (Å²) in [5, 5.41) is 6.55. The molecule has 1 amide bonds. The highest BCUT2D eigenvalue weighted by Crippen LogP contribution is 2.08. The number of methoxy groups -OCH3 is 1. The number of carbonyl (C=O) groups excluding carboxylic acids is 2. The Morgan fingerprint density at radius 3 is 2.06 bits per heavy atom. The van der Waals surface area contributed by atoms with Crippen molar-refractivity contribution in [3.8, 4) is 0 Å². The first-order valence-electron chi connectivity index (χ1n) is 9.94. The maximum Gasteiger partial charge on any atom is 0.337 e. The smallest absolute Gasteiger partial charge is 0.337 e. The largest absolute Gasteiger partial charge is 0.465 e. The van der Waals surface area contributed by atoms with Gasteiger partial charge in [0.2, 0.25) is 0 Å². The maximum absolute atomic E-state index is 12.0. The van der Waals surface area contributed by atoms with Gasteiger partial charge in [-0.05, 0) is 48.7 Å². The van der Waals surface area contributed by atoms with E-state index in [-0.39, 0.29) is 35.9 Å². The highest BCUT2D eigenvalue weighted by atomic mass is 127. The van der Waals surface area contributed by atoms with E-state index in [0.717, 1.165) is 30.1 Å². The summed E-state index contributed by atoms with van der Waals surface area (Å²) >= 11 is 0. The molecule has 31 heavy (non-hydrogen) atoms. The topological polar surface area (TPSA) is 83.0 Å². The van der Waals surface area contributed by atoms with Crippen LogP contribution in [0.1, 0.15) is 38.8 Å². The number of carbonyl (C=O) groups is 2. The monoisotopic (exact) mass is 538 g/mol. The fraction of sp³-hybridized carbons (Fsp3) is 0.348. The van der Waals surface area contributed by atoms with Gasteiger partial charge in [0.1, 0.15) is 0 Å². The third-order valence-electron chi connectivity index (χ3n) is 4.45. The lowest BCUT2D eigenvalue weighted by Gasteiger charge is -2.12. The number of esters is 1. The first-order chi connectivity index (χ1) is 14.4. The van der Waals surface area contributed by atoms with Crippen molar-refractivity contribution < 1.29 is 14.3 Å². The number of aliphatic imine (C=N–C) groups is 1. The molecule has 0 fully saturated rings. The summed E-state index contributed by atoms with van der Waals surface area (Å²) in [6, 6.07) is 14.9. The SMILES string of the molecule is CCNC(=NCc1ccc(C(=O)N(C)C)cc1)NCCc1ccc(C(=O)OC)cc1.I. The van der Waals surface area contributed by atoms with Crippen LogP contribution in [0, 0.1) is 0 Å². The van der Waals surface area contributed by atoms with Crippen LogP contribution in [0.4, 0.5) is 0 Å². The number of halogens is 1. The zero-order valence-corrected chi connectivity index (χ0v) is 20.8. The lowest BCUT2D eigenvalue weighted by Crippen LogP contribution is -2.38. The van der Waals surface area contributed by atoms with E-state index in [4.69, 9.17) is 4.74 Å². The van der Waals surface area contributed by atoms with E-state index in [1.807, 2.05) is 43.3 Å². The first-order valence-corrected chi connectivity index (χ1v) is 9.94. The normalized spacial score (nSPS) is 10.6. The molecule has 0 saturated carbocycles. The Morgan fingerprint density at radius 1 is 0.935 bits per heavy atom. The highest BCUT2D eigenvalue weighted by Gasteiger charge is 2.07. The number of benzene rings is 2. The molecule has 0 aliphatic heterocycles. The Bertz CT molecular complexity index is 865. The van der Waals surface area contributed by atoms with E-state index in [0.29, 0.717) is 24.2 Å². The third kappa shape index (κ3) is 8.56. The van der Waals surface area contributed by atoms with Gasteiger partial charge in [-0.15, -0.1) is 24.0 Å². The standard InChI is InChI=1S/C23H30N4O3.HI/c1-5-24-23(25-15-14-17-6-12-20(13-7-17)22(29)30-4)26-16-18-8-10-19(11-9-18)21(28)27(2)3;/h6-13H,5,14-16H2,1-4H3,(H2,24,25,26);1H. The van der Waals surface area contributed by atoms with E-state index in [1.54, 1.807) is 31.1 Å². The minimum Gasteiger partial charge on any atom is -0.465 e. The van der Waals surface area contributed by atoms with Crippen molar-refractivity contribution >= 4 is 41.8 Å². The Morgan fingerprint density at radius 2 is 1.52 bits per heavy atom. The minimum absolute atomic E-state index is 0. The van der Waals surface area contributed by atoms with Gasteiger partial charge in [-0.2, -0.15) is 0 Å². The molecule has 0 spiro atoms. The summed E-state index contributed by atoms with van der Waals surface area (Å²) in [4.78, 5) is 29.6. The molecule has 0 aliphatic carbocycles. The molecule has 0 saturated heterocycles. The number of hydrogen-bond acceptors (Lipinski definition) is 4. The van der Waals surface area contributed by atoms with Gasteiger partial charge in [0, 0.05) is 32.7 Å². The fourth-order valence-electron chi connectivity index (χ4n) is 2.77. The van der Waals surface area contributed by atoms with Gasteiger partial charge in [-0.1, -0.05) is 24.3 Å². The van der Waals surface area contributed by atoms with Crippen molar-refractivity contribution in [3.63, 3.8) is 0 Å². The Labute approximate surface area is 201 Å². The summed E-state index contributed by atoms with van der Waals surface area (Å²) in [7, 11) is 4.85. The molecule has 2 rings (SSSR count). The van der Waals surface area contributed by atoms with E-state index in [1.165, 1.54) is 7.11 Å². The van der Waals surface area contributed by atoms with Crippen LogP contribution in [0.15, 0.2) is 53.5 Å². The molecule has 0 bridgehead atoms. The maximum atomic E-state index is 12.0. The summed E-state index contributed by atoms with van der Waals surface area (Å²) in [5.41, 5.74) is 3.35. The lowest BCUT2D eigenvalue weighted by molar-refractivity contribution is 0.0600. The molecule has 0 radical (unpaired) electrons. The van der Waals surface area contributed by atoms with Gasteiger partial charge < -0.3 is 20.3 Å². The molecule has 0 heterocycles. The Hall–Kier alpha value is -2.62. The molecule has 0 aromatic heterocycles. The van der Waals surface area contributed by atoms with Gasteiger partial charge >= 0.3 is 5.97 Å². The summed E-state index contributed by atoms with van der Waals surface area (Å²) in [6.07, 6.45) is 0.799. The van der Waals surface area contributed by atoms with Crippen LogP contribution < -0.4 is 10.6 Å². The van der Waals surface area contributed by atoms with E-state index >= 15 is 0 Å². The second-order valence-electron chi connectivity index (χ2n) is 6.96. The summed E-state index contributed by atoms with van der Waals surface area (Å²) < 4.78 is 4.71. The zero-order chi connectivity index (χ0) is 21.9. The van der Waals surface area contributed by atoms with Gasteiger partial charge in [0.05, 0.1) is 19.2 Å². The second-order valence-corrected chi connectivity index (χ2v) is 6.96. The van der Waals surface area contributed by atoms with E-state index in [2.05, 4.69) is 15.6 Å². The molecule has 0 atom stereocenters. The van der Waals surface area contributed by atoms with Crippen molar-refractivity contribution in [1.82, 2.24) is 15.5 Å². The van der Waals surface area contributed by atoms with Gasteiger partial charge in [0.15, 0.2) is 5.96 Å². The predicted molar refractivity (Wildman–Crippen MR) is 134 cm³/mol. The van der Waals surface area contributed by atoms with Crippen molar-refractivity contribution in [2.45, 2.75) is 19.9 Å². The number of nitrogens with one attached hydrogen (secondary N) is 2. The number of guanidine groups is 1. The number of amides is 1. The Kier molecular flexibility index (Phi) is 11.6. The van der Waals surface area contributed by atoms with Crippen LogP contribution in [-0.2, 0) is 17.7 Å². The van der Waals surface area contributed by atoms with Crippen LogP contribution >= 0.6 is 24.0 Å². The van der Waals surface area contributed by atoms with Gasteiger partial charge in [-0.25, -0.2) is 9.79 Å². The van der Waals surface area contributed by atoms with E-state index < -0.39 is 0 Å². The van der Waals surface area contributed by atoms with Crippen molar-refractivity contribution in [1.29, 1.82) is 0 Å². The van der Waals surface area contributed by atoms with Crippen molar-refractivity contribution in [2.75, 3.05) is 34.3 Å². The van der Waals surface area contributed by atoms with Crippen LogP contribution in [0.5, 0.6) is 0 Å². The molecule has 2 aromatic carbocycles. The Balaban J connectivity index is 0.00000480. The van der Waals surface area contributed by atoms with Crippen LogP contribution in [-0.4, -0.2) is 57.0 Å². The molecule has 2 N–H and O–H groups in total. The number of ether oxygens (including phenoxy) is 1. The van der Waals surface area contributed by atoms with Crippen LogP contribution in [0.2, 0.25) is 0 Å². The first kappa shape index (κ1) is 26.4. The average molecular weight is 538 g/mol. The van der Waals surface area contributed by atoms with Gasteiger partial charge in [-0.3, -0.25) is 4.79 Å². The second kappa shape index (κ2) is 13.6. The number of hydrogen-bond donors (Lipinski definition) is 2. The quantitative estimate of drug-likeness (QED) is 0.234. The molecule has 168 valence electrons.